The van der Waals surface area contributed by atoms with Gasteiger partial charge in [-0.3, -0.25) is 4.68 Å². The molecule has 1 aromatic carbocycles. The molecule has 0 bridgehead atoms. The predicted octanol–water partition coefficient (Wildman–Crippen LogP) is 3.10. The molecule has 0 N–H and O–H groups in total. The first-order valence-electron chi connectivity index (χ1n) is 4.55. The number of rotatable bonds is 2. The molecule has 2 aromatic rings. The van der Waals surface area contributed by atoms with Crippen LogP contribution in [0.25, 0.3) is 0 Å². The number of nitriles is 1. The van der Waals surface area contributed by atoms with Crippen molar-refractivity contribution in [2.24, 2.45) is 7.05 Å². The van der Waals surface area contributed by atoms with Gasteiger partial charge in [0.05, 0.1) is 16.7 Å². The Kier molecular flexibility index (Phi) is 3.18. The molecule has 0 saturated carbocycles. The standard InChI is InChI=1S/C11H8ClN3S/c1-15-7-10(6-14-15)16-11-4-9(12)3-2-8(11)5-13/h2-4,6-7H,1H3. The van der Waals surface area contributed by atoms with Gasteiger partial charge in [0, 0.05) is 23.2 Å². The second kappa shape index (κ2) is 4.60. The average molecular weight is 250 g/mol. The van der Waals surface area contributed by atoms with Crippen LogP contribution in [0.4, 0.5) is 0 Å². The molecule has 80 valence electrons. The molecule has 0 aliphatic rings. The molecule has 0 aliphatic carbocycles. The van der Waals surface area contributed by atoms with Crippen molar-refractivity contribution in [3.05, 3.63) is 41.2 Å². The summed E-state index contributed by atoms with van der Waals surface area (Å²) in [5, 5.41) is 13.7. The third-order valence-corrected chi connectivity index (χ3v) is 3.21. The van der Waals surface area contributed by atoms with Crippen LogP contribution in [0.1, 0.15) is 5.56 Å². The number of aryl methyl sites for hydroxylation is 1. The number of hydrogen-bond acceptors (Lipinski definition) is 3. The minimum absolute atomic E-state index is 0.623. The van der Waals surface area contributed by atoms with Crippen molar-refractivity contribution in [2.45, 2.75) is 9.79 Å². The molecule has 0 spiro atoms. The molecule has 1 heterocycles. The highest BCUT2D eigenvalue weighted by Gasteiger charge is 2.06. The normalized spacial score (nSPS) is 10.1. The van der Waals surface area contributed by atoms with Gasteiger partial charge in [0.25, 0.3) is 0 Å². The lowest BCUT2D eigenvalue weighted by atomic mass is 10.2. The van der Waals surface area contributed by atoms with Crippen molar-refractivity contribution in [1.82, 2.24) is 9.78 Å². The fourth-order valence-corrected chi connectivity index (χ4v) is 2.46. The van der Waals surface area contributed by atoms with Crippen molar-refractivity contribution < 1.29 is 0 Å². The molecular weight excluding hydrogens is 242 g/mol. The van der Waals surface area contributed by atoms with Crippen LogP contribution >= 0.6 is 23.4 Å². The Labute approximate surface area is 103 Å². The number of halogens is 1. The molecule has 1 aromatic heterocycles. The smallest absolute Gasteiger partial charge is 0.100 e. The minimum atomic E-state index is 0.623. The Hall–Kier alpha value is -1.44. The lowest BCUT2D eigenvalue weighted by Crippen LogP contribution is -1.84. The van der Waals surface area contributed by atoms with Gasteiger partial charge in [-0.2, -0.15) is 10.4 Å². The summed E-state index contributed by atoms with van der Waals surface area (Å²) in [6.45, 7) is 0. The highest BCUT2D eigenvalue weighted by atomic mass is 35.5. The quantitative estimate of drug-likeness (QED) is 0.821. The summed E-state index contributed by atoms with van der Waals surface area (Å²) in [5.41, 5.74) is 0.623. The van der Waals surface area contributed by atoms with E-state index in [4.69, 9.17) is 16.9 Å². The van der Waals surface area contributed by atoms with Gasteiger partial charge in [-0.05, 0) is 18.2 Å². The molecule has 16 heavy (non-hydrogen) atoms. The van der Waals surface area contributed by atoms with E-state index in [-0.39, 0.29) is 0 Å². The molecule has 3 nitrogen and oxygen atoms in total. The summed E-state index contributed by atoms with van der Waals surface area (Å²) in [6, 6.07) is 7.37. The van der Waals surface area contributed by atoms with Crippen LogP contribution < -0.4 is 0 Å². The van der Waals surface area contributed by atoms with E-state index in [2.05, 4.69) is 11.2 Å². The summed E-state index contributed by atoms with van der Waals surface area (Å²) in [7, 11) is 1.85. The Bertz CT molecular complexity index is 557. The lowest BCUT2D eigenvalue weighted by molar-refractivity contribution is 0.766. The Morgan fingerprint density at radius 2 is 2.31 bits per heavy atom. The molecule has 0 saturated heterocycles. The fraction of sp³-hybridized carbons (Fsp3) is 0.0909. The van der Waals surface area contributed by atoms with Crippen LogP contribution in [0.5, 0.6) is 0 Å². The van der Waals surface area contributed by atoms with E-state index >= 15 is 0 Å². The Morgan fingerprint density at radius 1 is 1.50 bits per heavy atom. The van der Waals surface area contributed by atoms with E-state index in [9.17, 15) is 0 Å². The summed E-state index contributed by atoms with van der Waals surface area (Å²) in [5.74, 6) is 0. The van der Waals surface area contributed by atoms with Gasteiger partial charge in [-0.15, -0.1) is 0 Å². The second-order valence-corrected chi connectivity index (χ2v) is 4.76. The van der Waals surface area contributed by atoms with Crippen molar-refractivity contribution in [2.75, 3.05) is 0 Å². The lowest BCUT2D eigenvalue weighted by Gasteiger charge is -2.01. The second-order valence-electron chi connectivity index (χ2n) is 3.20. The van der Waals surface area contributed by atoms with Crippen LogP contribution in [-0.2, 0) is 7.05 Å². The molecular formula is C11H8ClN3S. The number of hydrogen-bond donors (Lipinski definition) is 0. The maximum absolute atomic E-state index is 8.97. The highest BCUT2D eigenvalue weighted by Crippen LogP contribution is 2.31. The van der Waals surface area contributed by atoms with Crippen LogP contribution in [0, 0.1) is 11.3 Å². The van der Waals surface area contributed by atoms with Gasteiger partial charge >= 0.3 is 0 Å². The number of benzene rings is 1. The molecule has 0 unspecified atom stereocenters. The van der Waals surface area contributed by atoms with Crippen molar-refractivity contribution in [3.63, 3.8) is 0 Å². The topological polar surface area (TPSA) is 41.6 Å². The van der Waals surface area contributed by atoms with Crippen LogP contribution in [0.3, 0.4) is 0 Å². The van der Waals surface area contributed by atoms with E-state index in [1.807, 2.05) is 13.2 Å². The predicted molar refractivity (Wildman–Crippen MR) is 63.5 cm³/mol. The van der Waals surface area contributed by atoms with Crippen LogP contribution in [0.15, 0.2) is 40.4 Å². The minimum Gasteiger partial charge on any atom is -0.275 e. The maximum atomic E-state index is 8.97. The zero-order chi connectivity index (χ0) is 11.5. The summed E-state index contributed by atoms with van der Waals surface area (Å²) in [6.07, 6.45) is 3.65. The van der Waals surface area contributed by atoms with E-state index in [1.54, 1.807) is 29.1 Å². The monoisotopic (exact) mass is 249 g/mol. The van der Waals surface area contributed by atoms with Crippen molar-refractivity contribution >= 4 is 23.4 Å². The molecule has 2 rings (SSSR count). The summed E-state index contributed by atoms with van der Waals surface area (Å²) >= 11 is 7.39. The van der Waals surface area contributed by atoms with E-state index in [1.165, 1.54) is 11.8 Å². The highest BCUT2D eigenvalue weighted by molar-refractivity contribution is 7.99. The molecule has 0 atom stereocenters. The van der Waals surface area contributed by atoms with Crippen LogP contribution in [-0.4, -0.2) is 9.78 Å². The van der Waals surface area contributed by atoms with Gasteiger partial charge in [0.15, 0.2) is 0 Å². The average Bonchev–Trinajstić information content (AvgIpc) is 2.64. The first kappa shape index (κ1) is 11.1. The molecule has 5 heteroatoms. The summed E-state index contributed by atoms with van der Waals surface area (Å²) < 4.78 is 1.72. The van der Waals surface area contributed by atoms with E-state index in [0.717, 1.165) is 9.79 Å². The molecule has 0 aliphatic heterocycles. The van der Waals surface area contributed by atoms with E-state index < -0.39 is 0 Å². The Balaban J connectivity index is 2.34. The molecule has 0 fully saturated rings. The summed E-state index contributed by atoms with van der Waals surface area (Å²) in [4.78, 5) is 1.84. The first-order valence-corrected chi connectivity index (χ1v) is 5.74. The largest absolute Gasteiger partial charge is 0.275 e. The van der Waals surface area contributed by atoms with Crippen molar-refractivity contribution in [3.8, 4) is 6.07 Å². The maximum Gasteiger partial charge on any atom is 0.100 e. The van der Waals surface area contributed by atoms with Gasteiger partial charge in [-0.1, -0.05) is 23.4 Å². The van der Waals surface area contributed by atoms with Gasteiger partial charge in [0.2, 0.25) is 0 Å². The fourth-order valence-electron chi connectivity index (χ4n) is 1.25. The van der Waals surface area contributed by atoms with Gasteiger partial charge in [-0.25, -0.2) is 0 Å². The zero-order valence-electron chi connectivity index (χ0n) is 8.51. The zero-order valence-corrected chi connectivity index (χ0v) is 10.1. The number of nitrogens with zero attached hydrogens (tertiary/aromatic N) is 3. The molecule has 0 radical (unpaired) electrons. The van der Waals surface area contributed by atoms with Crippen LogP contribution in [0.2, 0.25) is 5.02 Å². The third kappa shape index (κ3) is 2.38. The first-order chi connectivity index (χ1) is 7.69. The van der Waals surface area contributed by atoms with E-state index in [0.29, 0.717) is 10.6 Å². The van der Waals surface area contributed by atoms with Crippen molar-refractivity contribution in [1.29, 1.82) is 5.26 Å². The number of aromatic nitrogens is 2. The third-order valence-electron chi connectivity index (χ3n) is 1.97. The van der Waals surface area contributed by atoms with Gasteiger partial charge < -0.3 is 0 Å². The SMILES string of the molecule is Cn1cc(Sc2cc(Cl)ccc2C#N)cn1. The van der Waals surface area contributed by atoms with Gasteiger partial charge in [0.1, 0.15) is 6.07 Å². The Morgan fingerprint density at radius 3 is 2.94 bits per heavy atom. The molecule has 0 amide bonds.